The molecule has 3 N–H and O–H groups in total. The van der Waals surface area contributed by atoms with E-state index < -0.39 is 5.60 Å². The lowest BCUT2D eigenvalue weighted by molar-refractivity contribution is 0.0592. The van der Waals surface area contributed by atoms with E-state index in [9.17, 15) is 9.90 Å². The lowest BCUT2D eigenvalue weighted by Crippen LogP contribution is -2.44. The first-order chi connectivity index (χ1) is 11.0. The number of nitrogens with zero attached hydrogens (tertiary/aromatic N) is 2. The highest BCUT2D eigenvalue weighted by Crippen LogP contribution is 2.21. The van der Waals surface area contributed by atoms with E-state index in [0.717, 1.165) is 6.54 Å². The number of nitrogens with one attached hydrogen (secondary N) is 2. The molecule has 1 unspecified atom stereocenters. The van der Waals surface area contributed by atoms with Crippen LogP contribution in [-0.2, 0) is 12.6 Å². The molecule has 1 atom stereocenters. The number of hydrogen-bond acceptors (Lipinski definition) is 3. The highest BCUT2D eigenvalue weighted by atomic mass is 16.3. The lowest BCUT2D eigenvalue weighted by Gasteiger charge is -2.23. The van der Waals surface area contributed by atoms with Crippen LogP contribution in [0.15, 0.2) is 12.4 Å². The van der Waals surface area contributed by atoms with Crippen LogP contribution in [0.2, 0.25) is 0 Å². The number of aromatic nitrogens is 2. The van der Waals surface area contributed by atoms with Crippen LogP contribution in [0.4, 0.5) is 4.79 Å². The summed E-state index contributed by atoms with van der Waals surface area (Å²) in [6, 6.07) is -0.212. The number of urea groups is 1. The number of aryl methyl sites for hydroxylation is 1. The van der Waals surface area contributed by atoms with E-state index in [2.05, 4.69) is 15.7 Å². The summed E-state index contributed by atoms with van der Waals surface area (Å²) in [4.78, 5) is 12.0. The van der Waals surface area contributed by atoms with Crippen LogP contribution in [0.5, 0.6) is 0 Å². The summed E-state index contributed by atoms with van der Waals surface area (Å²) >= 11 is 0. The smallest absolute Gasteiger partial charge is 0.314 e. The SMILES string of the molecule is Cn1cc(C(C)(O)CNC(=O)NCC2CCCCCCC2)cn1. The number of rotatable bonds is 5. The summed E-state index contributed by atoms with van der Waals surface area (Å²) in [5.41, 5.74) is -0.424. The largest absolute Gasteiger partial charge is 0.383 e. The normalized spacial score (nSPS) is 19.4. The average molecular weight is 322 g/mol. The highest BCUT2D eigenvalue weighted by molar-refractivity contribution is 5.73. The summed E-state index contributed by atoms with van der Waals surface area (Å²) in [7, 11) is 1.80. The maximum absolute atomic E-state index is 12.0. The molecule has 1 aliphatic rings. The number of hydrogen-bond donors (Lipinski definition) is 3. The van der Waals surface area contributed by atoms with Crippen LogP contribution < -0.4 is 10.6 Å². The Morgan fingerprint density at radius 3 is 2.57 bits per heavy atom. The molecule has 130 valence electrons. The molecule has 0 bridgehead atoms. The lowest BCUT2D eigenvalue weighted by atomic mass is 9.91. The standard InChI is InChI=1S/C17H30N4O2/c1-17(23,15-11-20-21(2)12-15)13-19-16(22)18-10-14-8-6-4-3-5-7-9-14/h11-12,14,23H,3-10,13H2,1-2H3,(H2,18,19,22). The maximum atomic E-state index is 12.0. The van der Waals surface area contributed by atoms with Gasteiger partial charge in [-0.25, -0.2) is 4.79 Å². The Kier molecular flexibility index (Phi) is 6.45. The van der Waals surface area contributed by atoms with Crippen molar-refractivity contribution in [3.05, 3.63) is 18.0 Å². The van der Waals surface area contributed by atoms with E-state index in [0.29, 0.717) is 11.5 Å². The van der Waals surface area contributed by atoms with Crippen molar-refractivity contribution in [2.75, 3.05) is 13.1 Å². The monoisotopic (exact) mass is 322 g/mol. The number of aliphatic hydroxyl groups is 1. The highest BCUT2D eigenvalue weighted by Gasteiger charge is 2.25. The molecule has 1 aliphatic carbocycles. The van der Waals surface area contributed by atoms with Gasteiger partial charge in [0.05, 0.1) is 12.7 Å². The molecule has 0 spiro atoms. The van der Waals surface area contributed by atoms with Gasteiger partial charge in [-0.3, -0.25) is 4.68 Å². The third-order valence-electron chi connectivity index (χ3n) is 4.70. The van der Waals surface area contributed by atoms with Crippen LogP contribution in [0.25, 0.3) is 0 Å². The molecule has 1 aromatic heterocycles. The van der Waals surface area contributed by atoms with E-state index in [4.69, 9.17) is 0 Å². The maximum Gasteiger partial charge on any atom is 0.314 e. The second-order valence-electron chi connectivity index (χ2n) is 6.95. The Morgan fingerprint density at radius 1 is 1.30 bits per heavy atom. The molecule has 23 heavy (non-hydrogen) atoms. The second kappa shape index (κ2) is 8.34. The van der Waals surface area contributed by atoms with Gasteiger partial charge in [0.2, 0.25) is 0 Å². The zero-order chi connectivity index (χ0) is 16.7. The van der Waals surface area contributed by atoms with Crippen molar-refractivity contribution in [3.63, 3.8) is 0 Å². The minimum absolute atomic E-state index is 0.162. The minimum atomic E-state index is -1.12. The summed E-state index contributed by atoms with van der Waals surface area (Å²) in [6.07, 6.45) is 12.3. The van der Waals surface area contributed by atoms with Gasteiger partial charge in [0.25, 0.3) is 0 Å². The Morgan fingerprint density at radius 2 is 1.96 bits per heavy atom. The fourth-order valence-corrected chi connectivity index (χ4v) is 3.10. The van der Waals surface area contributed by atoms with Gasteiger partial charge in [0, 0.05) is 25.4 Å². The Bertz CT molecular complexity index is 491. The number of carbonyl (C=O) groups is 1. The van der Waals surface area contributed by atoms with Crippen LogP contribution >= 0.6 is 0 Å². The first kappa shape index (κ1) is 17.8. The molecule has 0 radical (unpaired) electrons. The van der Waals surface area contributed by atoms with Crippen molar-refractivity contribution >= 4 is 6.03 Å². The molecule has 6 heteroatoms. The third-order valence-corrected chi connectivity index (χ3v) is 4.70. The average Bonchev–Trinajstić information content (AvgIpc) is 2.91. The zero-order valence-corrected chi connectivity index (χ0v) is 14.3. The van der Waals surface area contributed by atoms with E-state index in [1.54, 1.807) is 31.0 Å². The van der Waals surface area contributed by atoms with Crippen LogP contribution in [0, 0.1) is 5.92 Å². The molecule has 6 nitrogen and oxygen atoms in total. The molecule has 0 aromatic carbocycles. The summed E-state index contributed by atoms with van der Waals surface area (Å²) in [5, 5.41) is 20.2. The van der Waals surface area contributed by atoms with Crippen molar-refractivity contribution in [3.8, 4) is 0 Å². The van der Waals surface area contributed by atoms with Gasteiger partial charge < -0.3 is 15.7 Å². The molecule has 1 heterocycles. The van der Waals surface area contributed by atoms with Gasteiger partial charge in [0.1, 0.15) is 5.60 Å². The molecule has 2 rings (SSSR count). The van der Waals surface area contributed by atoms with Crippen molar-refractivity contribution in [2.24, 2.45) is 13.0 Å². The van der Waals surface area contributed by atoms with Crippen LogP contribution in [-0.4, -0.2) is 34.0 Å². The topological polar surface area (TPSA) is 79.2 Å². The predicted molar refractivity (Wildman–Crippen MR) is 90.0 cm³/mol. The fourth-order valence-electron chi connectivity index (χ4n) is 3.10. The van der Waals surface area contributed by atoms with Crippen LogP contribution in [0.1, 0.15) is 57.4 Å². The van der Waals surface area contributed by atoms with Gasteiger partial charge in [-0.05, 0) is 25.7 Å². The minimum Gasteiger partial charge on any atom is -0.383 e. The van der Waals surface area contributed by atoms with E-state index in [-0.39, 0.29) is 12.6 Å². The van der Waals surface area contributed by atoms with Gasteiger partial charge >= 0.3 is 6.03 Å². The predicted octanol–water partition coefficient (Wildman–Crippen LogP) is 2.29. The molecule has 0 aliphatic heterocycles. The second-order valence-corrected chi connectivity index (χ2v) is 6.95. The van der Waals surface area contributed by atoms with Crippen LogP contribution in [0.3, 0.4) is 0 Å². The number of amides is 2. The summed E-state index contributed by atoms with van der Waals surface area (Å²) in [6.45, 7) is 2.56. The molecule has 2 amide bonds. The summed E-state index contributed by atoms with van der Waals surface area (Å²) in [5.74, 6) is 0.583. The molecule has 1 fully saturated rings. The van der Waals surface area contributed by atoms with Gasteiger partial charge in [-0.15, -0.1) is 0 Å². The van der Waals surface area contributed by atoms with E-state index >= 15 is 0 Å². The first-order valence-corrected chi connectivity index (χ1v) is 8.70. The van der Waals surface area contributed by atoms with Crippen molar-refractivity contribution in [1.29, 1.82) is 0 Å². The molecule has 0 saturated heterocycles. The number of carbonyl (C=O) groups excluding carboxylic acids is 1. The fraction of sp³-hybridized carbons (Fsp3) is 0.765. The van der Waals surface area contributed by atoms with Gasteiger partial charge in [-0.2, -0.15) is 5.10 Å². The molecular formula is C17H30N4O2. The van der Waals surface area contributed by atoms with Gasteiger partial charge in [-0.1, -0.05) is 32.1 Å². The third kappa shape index (κ3) is 5.86. The van der Waals surface area contributed by atoms with Gasteiger partial charge in [0.15, 0.2) is 0 Å². The van der Waals surface area contributed by atoms with E-state index in [1.807, 2.05) is 0 Å². The van der Waals surface area contributed by atoms with E-state index in [1.165, 1.54) is 44.9 Å². The Labute approximate surface area is 138 Å². The Balaban J connectivity index is 1.71. The Hall–Kier alpha value is -1.56. The summed E-state index contributed by atoms with van der Waals surface area (Å²) < 4.78 is 1.64. The quantitative estimate of drug-likeness (QED) is 0.778. The van der Waals surface area contributed by atoms with Crippen molar-refractivity contribution < 1.29 is 9.90 Å². The molecule has 1 saturated carbocycles. The first-order valence-electron chi connectivity index (χ1n) is 8.70. The van der Waals surface area contributed by atoms with Crippen molar-refractivity contribution in [2.45, 2.75) is 57.5 Å². The molecular weight excluding hydrogens is 292 g/mol. The zero-order valence-electron chi connectivity index (χ0n) is 14.3. The van der Waals surface area contributed by atoms with Crippen molar-refractivity contribution in [1.82, 2.24) is 20.4 Å². The molecule has 1 aromatic rings.